The third kappa shape index (κ3) is 4.44. The molecule has 2 aliphatic rings. The Morgan fingerprint density at radius 1 is 1.18 bits per heavy atom. The topological polar surface area (TPSA) is 115 Å². The lowest BCUT2D eigenvalue weighted by Gasteiger charge is -2.30. The van der Waals surface area contributed by atoms with Gasteiger partial charge in [0.2, 0.25) is 5.88 Å². The smallest absolute Gasteiger partial charge is 0.413 e. The molecule has 2 unspecified atom stereocenters. The van der Waals surface area contributed by atoms with Crippen LogP contribution >= 0.6 is 0 Å². The van der Waals surface area contributed by atoms with Crippen molar-refractivity contribution in [2.24, 2.45) is 0 Å². The summed E-state index contributed by atoms with van der Waals surface area (Å²) in [5, 5.41) is 6.18. The third-order valence-corrected chi connectivity index (χ3v) is 5.83. The number of nitrogens with zero attached hydrogens (tertiary/aromatic N) is 3. The van der Waals surface area contributed by atoms with Gasteiger partial charge in [0.15, 0.2) is 0 Å². The van der Waals surface area contributed by atoms with Gasteiger partial charge in [0.1, 0.15) is 11.9 Å². The molecule has 2 amide bonds. The molecule has 176 valence electrons. The van der Waals surface area contributed by atoms with E-state index in [1.807, 2.05) is 30.3 Å². The van der Waals surface area contributed by atoms with Crippen LogP contribution in [0, 0.1) is 0 Å². The van der Waals surface area contributed by atoms with Crippen molar-refractivity contribution in [3.05, 3.63) is 54.2 Å². The van der Waals surface area contributed by atoms with Gasteiger partial charge in [-0.05, 0) is 43.1 Å². The number of hydrogen-bond donors (Lipinski definition) is 2. The average Bonchev–Trinajstić information content (AvgIpc) is 3.23. The number of ether oxygens (including phenoxy) is 3. The molecule has 34 heavy (non-hydrogen) atoms. The Bertz CT molecular complexity index is 1220. The van der Waals surface area contributed by atoms with E-state index in [1.54, 1.807) is 25.4 Å². The molecule has 5 rings (SSSR count). The van der Waals surface area contributed by atoms with Gasteiger partial charge < -0.3 is 24.8 Å². The summed E-state index contributed by atoms with van der Waals surface area (Å²) in [7, 11) is 1.57. The lowest BCUT2D eigenvalue weighted by Crippen LogP contribution is -2.50. The molecule has 0 spiro atoms. The summed E-state index contributed by atoms with van der Waals surface area (Å²) in [4.78, 5) is 35.1. The molecule has 10 nitrogen and oxygen atoms in total. The standard InChI is InChI=1S/C24H25N5O5/c1-32-20-13-26-18-9-4-6-15(21(18)28-20)12-25-11-5-7-16-14-29(24(31)33-16)23-22(30)27-17-8-2-3-10-19(17)34-23/h2-4,6,8-10,13,16,23,25H,5,7,11-12,14H2,1H3,(H,27,30). The molecule has 0 saturated carbocycles. The molecule has 1 aromatic heterocycles. The largest absolute Gasteiger partial charge is 0.480 e. The van der Waals surface area contributed by atoms with Crippen LogP contribution in [0.2, 0.25) is 0 Å². The second-order valence-corrected chi connectivity index (χ2v) is 8.13. The molecular weight excluding hydrogens is 438 g/mol. The number of hydrogen-bond acceptors (Lipinski definition) is 8. The first-order chi connectivity index (χ1) is 16.6. The van der Waals surface area contributed by atoms with E-state index in [-0.39, 0.29) is 12.0 Å². The van der Waals surface area contributed by atoms with Crippen molar-refractivity contribution in [2.75, 3.05) is 25.5 Å². The number of methoxy groups -OCH3 is 1. The number of amides is 2. The highest BCUT2D eigenvalue weighted by molar-refractivity contribution is 5.99. The molecular formula is C24H25N5O5. The summed E-state index contributed by atoms with van der Waals surface area (Å²) in [5.74, 6) is 0.628. The molecule has 2 aliphatic heterocycles. The summed E-state index contributed by atoms with van der Waals surface area (Å²) < 4.78 is 16.4. The Morgan fingerprint density at radius 3 is 2.94 bits per heavy atom. The summed E-state index contributed by atoms with van der Waals surface area (Å²) >= 11 is 0. The van der Waals surface area contributed by atoms with Gasteiger partial charge in [0, 0.05) is 6.54 Å². The number of aromatic nitrogens is 2. The Balaban J connectivity index is 1.11. The minimum Gasteiger partial charge on any atom is -0.480 e. The maximum atomic E-state index is 12.5. The van der Waals surface area contributed by atoms with E-state index >= 15 is 0 Å². The van der Waals surface area contributed by atoms with Gasteiger partial charge in [-0.25, -0.2) is 14.8 Å². The molecule has 1 fully saturated rings. The van der Waals surface area contributed by atoms with Crippen LogP contribution in [-0.4, -0.2) is 59.4 Å². The van der Waals surface area contributed by atoms with E-state index in [4.69, 9.17) is 14.2 Å². The number of rotatable bonds is 8. The molecule has 2 aromatic carbocycles. The Kier molecular flexibility index (Phi) is 6.13. The van der Waals surface area contributed by atoms with Crippen LogP contribution in [0.1, 0.15) is 18.4 Å². The molecule has 0 aliphatic carbocycles. The first kappa shape index (κ1) is 21.9. The van der Waals surface area contributed by atoms with Gasteiger partial charge in [-0.2, -0.15) is 0 Å². The lowest BCUT2D eigenvalue weighted by atomic mass is 10.1. The Morgan fingerprint density at radius 2 is 2.06 bits per heavy atom. The SMILES string of the molecule is COc1cnc2cccc(CNCCCC3CN(C4Oc5ccccc5NC4=O)C(=O)O3)c2n1. The molecule has 3 heterocycles. The quantitative estimate of drug-likeness (QED) is 0.490. The van der Waals surface area contributed by atoms with Gasteiger partial charge in [-0.1, -0.05) is 24.3 Å². The van der Waals surface area contributed by atoms with E-state index in [2.05, 4.69) is 20.6 Å². The second kappa shape index (κ2) is 9.52. The van der Waals surface area contributed by atoms with Gasteiger partial charge in [0.05, 0.1) is 36.6 Å². The van der Waals surface area contributed by atoms with Gasteiger partial charge in [0.25, 0.3) is 12.1 Å². The Hall–Kier alpha value is -3.92. The van der Waals surface area contributed by atoms with Crippen molar-refractivity contribution in [1.29, 1.82) is 0 Å². The van der Waals surface area contributed by atoms with Crippen molar-refractivity contribution in [2.45, 2.75) is 31.7 Å². The zero-order valence-corrected chi connectivity index (χ0v) is 18.7. The maximum absolute atomic E-state index is 12.5. The molecule has 0 radical (unpaired) electrons. The second-order valence-electron chi connectivity index (χ2n) is 8.13. The molecule has 0 bridgehead atoms. The maximum Gasteiger partial charge on any atom is 0.413 e. The van der Waals surface area contributed by atoms with Crippen molar-refractivity contribution >= 4 is 28.7 Å². The zero-order valence-electron chi connectivity index (χ0n) is 18.7. The van der Waals surface area contributed by atoms with Crippen LogP contribution in [-0.2, 0) is 16.1 Å². The van der Waals surface area contributed by atoms with Crippen molar-refractivity contribution in [1.82, 2.24) is 20.2 Å². The van der Waals surface area contributed by atoms with E-state index in [1.165, 1.54) is 4.90 Å². The number of carbonyl (C=O) groups excluding carboxylic acids is 2. The predicted molar refractivity (Wildman–Crippen MR) is 123 cm³/mol. The molecule has 10 heteroatoms. The normalized spacial score (nSPS) is 19.4. The highest BCUT2D eigenvalue weighted by atomic mass is 16.6. The van der Waals surface area contributed by atoms with Gasteiger partial charge >= 0.3 is 6.09 Å². The van der Waals surface area contributed by atoms with Crippen LogP contribution in [0.25, 0.3) is 11.0 Å². The minimum absolute atomic E-state index is 0.296. The van der Waals surface area contributed by atoms with Crippen molar-refractivity contribution in [3.63, 3.8) is 0 Å². The molecule has 1 saturated heterocycles. The fraction of sp³-hybridized carbons (Fsp3) is 0.333. The number of para-hydroxylation sites is 3. The first-order valence-electron chi connectivity index (χ1n) is 11.2. The van der Waals surface area contributed by atoms with Crippen LogP contribution in [0.15, 0.2) is 48.7 Å². The highest BCUT2D eigenvalue weighted by Gasteiger charge is 2.42. The predicted octanol–water partition coefficient (Wildman–Crippen LogP) is 2.69. The number of nitrogens with one attached hydrogen (secondary N) is 2. The highest BCUT2D eigenvalue weighted by Crippen LogP contribution is 2.31. The fourth-order valence-corrected chi connectivity index (χ4v) is 4.12. The van der Waals surface area contributed by atoms with Crippen molar-refractivity contribution in [3.8, 4) is 11.6 Å². The van der Waals surface area contributed by atoms with E-state index in [0.717, 1.165) is 29.6 Å². The number of fused-ring (bicyclic) bond motifs is 2. The monoisotopic (exact) mass is 463 g/mol. The van der Waals surface area contributed by atoms with Crippen LogP contribution < -0.4 is 20.1 Å². The zero-order chi connectivity index (χ0) is 23.5. The van der Waals surface area contributed by atoms with Gasteiger partial charge in [-0.3, -0.25) is 9.69 Å². The molecule has 2 atom stereocenters. The van der Waals surface area contributed by atoms with E-state index in [0.29, 0.717) is 36.8 Å². The third-order valence-electron chi connectivity index (χ3n) is 5.83. The fourth-order valence-electron chi connectivity index (χ4n) is 4.12. The number of benzene rings is 2. The summed E-state index contributed by atoms with van der Waals surface area (Å²) in [6, 6.07) is 13.0. The number of carbonyl (C=O) groups is 2. The van der Waals surface area contributed by atoms with Crippen LogP contribution in [0.4, 0.5) is 10.5 Å². The Labute approximate surface area is 196 Å². The van der Waals surface area contributed by atoms with Crippen LogP contribution in [0.3, 0.4) is 0 Å². The summed E-state index contributed by atoms with van der Waals surface area (Å²) in [6.45, 7) is 1.67. The summed E-state index contributed by atoms with van der Waals surface area (Å²) in [6.07, 6.45) is 1.20. The van der Waals surface area contributed by atoms with Crippen LogP contribution in [0.5, 0.6) is 11.6 Å². The molecule has 2 N–H and O–H groups in total. The number of anilines is 1. The first-order valence-corrected chi connectivity index (χ1v) is 11.2. The lowest BCUT2D eigenvalue weighted by molar-refractivity contribution is -0.129. The van der Waals surface area contributed by atoms with Gasteiger partial charge in [-0.15, -0.1) is 0 Å². The summed E-state index contributed by atoms with van der Waals surface area (Å²) in [5.41, 5.74) is 3.24. The van der Waals surface area contributed by atoms with E-state index in [9.17, 15) is 9.59 Å². The van der Waals surface area contributed by atoms with E-state index < -0.39 is 12.3 Å². The van der Waals surface area contributed by atoms with Crippen molar-refractivity contribution < 1.29 is 23.8 Å². The molecule has 3 aromatic rings. The average molecular weight is 463 g/mol. The minimum atomic E-state index is -1.03. The number of cyclic esters (lactones) is 1.